The Labute approximate surface area is 106 Å². The van der Waals surface area contributed by atoms with Crippen LogP contribution in [0.15, 0.2) is 24.3 Å². The van der Waals surface area contributed by atoms with E-state index in [1.807, 2.05) is 0 Å². The number of carboxylic acid groups (broad SMARTS) is 1. The van der Waals surface area contributed by atoms with Crippen molar-refractivity contribution in [3.05, 3.63) is 35.4 Å². The van der Waals surface area contributed by atoms with Gasteiger partial charge in [0.25, 0.3) is 0 Å². The van der Waals surface area contributed by atoms with Crippen LogP contribution in [0, 0.1) is 5.41 Å². The molecule has 1 aromatic carbocycles. The lowest BCUT2D eigenvalue weighted by molar-refractivity contribution is -0.129. The first-order valence-electron chi connectivity index (χ1n) is 5.67. The second kappa shape index (κ2) is 5.64. The fourth-order valence-corrected chi connectivity index (χ4v) is 1.28. The Kier molecular flexibility index (Phi) is 4.44. The Morgan fingerprint density at radius 2 is 1.83 bits per heavy atom. The largest absolute Gasteiger partial charge is 0.478 e. The lowest BCUT2D eigenvalue weighted by Crippen LogP contribution is -2.41. The summed E-state index contributed by atoms with van der Waals surface area (Å²) in [4.78, 5) is 22.4. The van der Waals surface area contributed by atoms with Crippen molar-refractivity contribution in [3.8, 4) is 0 Å². The Hall–Kier alpha value is -1.88. The number of hydrogen-bond acceptors (Lipinski definition) is 3. The average molecular weight is 250 g/mol. The minimum Gasteiger partial charge on any atom is -0.478 e. The van der Waals surface area contributed by atoms with Gasteiger partial charge in [-0.3, -0.25) is 4.79 Å². The van der Waals surface area contributed by atoms with Crippen molar-refractivity contribution in [2.45, 2.75) is 20.4 Å². The Morgan fingerprint density at radius 1 is 1.28 bits per heavy atom. The van der Waals surface area contributed by atoms with Crippen LogP contribution in [0.4, 0.5) is 0 Å². The molecule has 0 heterocycles. The third-order valence-corrected chi connectivity index (χ3v) is 2.78. The van der Waals surface area contributed by atoms with Crippen molar-refractivity contribution >= 4 is 11.9 Å². The van der Waals surface area contributed by atoms with Gasteiger partial charge in [-0.15, -0.1) is 0 Å². The number of nitrogens with two attached hydrogens (primary N) is 1. The molecule has 18 heavy (non-hydrogen) atoms. The van der Waals surface area contributed by atoms with Gasteiger partial charge in [0.15, 0.2) is 0 Å². The highest BCUT2D eigenvalue weighted by Crippen LogP contribution is 2.13. The molecule has 0 aliphatic carbocycles. The fourth-order valence-electron chi connectivity index (χ4n) is 1.28. The van der Waals surface area contributed by atoms with E-state index in [4.69, 9.17) is 10.8 Å². The second-order valence-electron chi connectivity index (χ2n) is 4.77. The van der Waals surface area contributed by atoms with Crippen LogP contribution in [-0.4, -0.2) is 23.5 Å². The molecule has 4 N–H and O–H groups in total. The molecule has 1 rings (SSSR count). The van der Waals surface area contributed by atoms with Crippen molar-refractivity contribution in [2.75, 3.05) is 6.54 Å². The zero-order valence-corrected chi connectivity index (χ0v) is 10.6. The average Bonchev–Trinajstić information content (AvgIpc) is 2.36. The van der Waals surface area contributed by atoms with Gasteiger partial charge in [-0.05, 0) is 31.5 Å². The number of rotatable bonds is 5. The minimum atomic E-state index is -0.963. The molecule has 98 valence electrons. The lowest BCUT2D eigenvalue weighted by Gasteiger charge is -2.21. The molecule has 0 saturated carbocycles. The number of carbonyl (C=O) groups excluding carboxylic acids is 1. The first-order valence-corrected chi connectivity index (χ1v) is 5.67. The van der Waals surface area contributed by atoms with E-state index >= 15 is 0 Å². The summed E-state index contributed by atoms with van der Waals surface area (Å²) in [7, 11) is 0. The van der Waals surface area contributed by atoms with Crippen LogP contribution >= 0.6 is 0 Å². The highest BCUT2D eigenvalue weighted by molar-refractivity contribution is 5.87. The Balaban J connectivity index is 2.59. The van der Waals surface area contributed by atoms with Crippen molar-refractivity contribution in [3.63, 3.8) is 0 Å². The zero-order valence-electron chi connectivity index (χ0n) is 10.6. The molecule has 1 amide bonds. The molecule has 1 aromatic rings. The van der Waals surface area contributed by atoms with Gasteiger partial charge in [0.05, 0.1) is 11.0 Å². The molecule has 5 nitrogen and oxygen atoms in total. The minimum absolute atomic E-state index is 0.118. The van der Waals surface area contributed by atoms with Gasteiger partial charge in [-0.25, -0.2) is 4.79 Å². The van der Waals surface area contributed by atoms with Gasteiger partial charge in [0, 0.05) is 13.1 Å². The smallest absolute Gasteiger partial charge is 0.335 e. The molecule has 0 unspecified atom stereocenters. The number of nitrogens with one attached hydrogen (secondary N) is 1. The van der Waals surface area contributed by atoms with Crippen molar-refractivity contribution in [1.29, 1.82) is 0 Å². The van der Waals surface area contributed by atoms with Crippen molar-refractivity contribution in [1.82, 2.24) is 5.32 Å². The van der Waals surface area contributed by atoms with Crippen molar-refractivity contribution < 1.29 is 14.7 Å². The molecule has 0 spiro atoms. The predicted molar refractivity (Wildman–Crippen MR) is 68.1 cm³/mol. The monoisotopic (exact) mass is 250 g/mol. The van der Waals surface area contributed by atoms with Gasteiger partial charge in [0.2, 0.25) is 5.91 Å². The molecule has 0 atom stereocenters. The summed E-state index contributed by atoms with van der Waals surface area (Å²) in [6.07, 6.45) is 0. The third kappa shape index (κ3) is 3.56. The zero-order chi connectivity index (χ0) is 13.8. The summed E-state index contributed by atoms with van der Waals surface area (Å²) in [6.45, 7) is 4.19. The number of aromatic carboxylic acids is 1. The van der Waals surface area contributed by atoms with Crippen LogP contribution in [0.25, 0.3) is 0 Å². The highest BCUT2D eigenvalue weighted by atomic mass is 16.4. The quantitative estimate of drug-likeness (QED) is 0.726. The van der Waals surface area contributed by atoms with Crippen LogP contribution in [0.2, 0.25) is 0 Å². The number of amides is 1. The van der Waals surface area contributed by atoms with Crippen LogP contribution in [-0.2, 0) is 11.3 Å². The van der Waals surface area contributed by atoms with Crippen LogP contribution in [0.3, 0.4) is 0 Å². The van der Waals surface area contributed by atoms with E-state index in [0.29, 0.717) is 6.54 Å². The number of hydrogen-bond donors (Lipinski definition) is 3. The highest BCUT2D eigenvalue weighted by Gasteiger charge is 2.25. The van der Waals surface area contributed by atoms with E-state index in [1.54, 1.807) is 26.0 Å². The van der Waals surface area contributed by atoms with Crippen molar-refractivity contribution in [2.24, 2.45) is 11.1 Å². The summed E-state index contributed by atoms with van der Waals surface area (Å²) in [5, 5.41) is 11.5. The molecule has 0 fully saturated rings. The standard InChI is InChI=1S/C13H18N2O3/c1-13(2,8-14)12(18)15-7-9-3-5-10(6-4-9)11(16)17/h3-6H,7-8,14H2,1-2H3,(H,15,18)(H,16,17). The van der Waals surface area contributed by atoms with E-state index in [-0.39, 0.29) is 18.0 Å². The Morgan fingerprint density at radius 3 is 2.28 bits per heavy atom. The van der Waals surface area contributed by atoms with E-state index in [9.17, 15) is 9.59 Å². The lowest BCUT2D eigenvalue weighted by atomic mass is 9.92. The van der Waals surface area contributed by atoms with E-state index in [2.05, 4.69) is 5.32 Å². The third-order valence-electron chi connectivity index (χ3n) is 2.78. The van der Waals surface area contributed by atoms with E-state index in [1.165, 1.54) is 12.1 Å². The maximum Gasteiger partial charge on any atom is 0.335 e. The summed E-state index contributed by atoms with van der Waals surface area (Å²) in [5.74, 6) is -1.08. The predicted octanol–water partition coefficient (Wildman–Crippen LogP) is 0.986. The molecule has 0 aliphatic rings. The van der Waals surface area contributed by atoms with Gasteiger partial charge < -0.3 is 16.2 Å². The second-order valence-corrected chi connectivity index (χ2v) is 4.77. The molecule has 5 heteroatoms. The topological polar surface area (TPSA) is 92.4 Å². The van der Waals surface area contributed by atoms with E-state index in [0.717, 1.165) is 5.56 Å². The SMILES string of the molecule is CC(C)(CN)C(=O)NCc1ccc(C(=O)O)cc1. The van der Waals surface area contributed by atoms with Gasteiger partial charge in [-0.1, -0.05) is 12.1 Å². The first kappa shape index (κ1) is 14.2. The summed E-state index contributed by atoms with van der Waals surface area (Å²) in [5.41, 5.74) is 5.98. The maximum absolute atomic E-state index is 11.8. The molecular formula is C13H18N2O3. The molecule has 0 aliphatic heterocycles. The van der Waals surface area contributed by atoms with Gasteiger partial charge >= 0.3 is 5.97 Å². The Bertz CT molecular complexity index is 438. The molecular weight excluding hydrogens is 232 g/mol. The maximum atomic E-state index is 11.8. The van der Waals surface area contributed by atoms with Crippen LogP contribution in [0.1, 0.15) is 29.8 Å². The van der Waals surface area contributed by atoms with Crippen LogP contribution in [0.5, 0.6) is 0 Å². The number of carboxylic acids is 1. The molecule has 0 saturated heterocycles. The van der Waals surface area contributed by atoms with Crippen LogP contribution < -0.4 is 11.1 Å². The summed E-state index contributed by atoms with van der Waals surface area (Å²) in [6, 6.07) is 6.38. The first-order chi connectivity index (χ1) is 8.36. The summed E-state index contributed by atoms with van der Waals surface area (Å²) >= 11 is 0. The fraction of sp³-hybridized carbons (Fsp3) is 0.385. The van der Waals surface area contributed by atoms with Gasteiger partial charge in [-0.2, -0.15) is 0 Å². The molecule has 0 aromatic heterocycles. The summed E-state index contributed by atoms with van der Waals surface area (Å²) < 4.78 is 0. The molecule has 0 radical (unpaired) electrons. The van der Waals surface area contributed by atoms with Gasteiger partial charge in [0.1, 0.15) is 0 Å². The number of carbonyl (C=O) groups is 2. The molecule has 0 bridgehead atoms. The van der Waals surface area contributed by atoms with E-state index < -0.39 is 11.4 Å². The normalized spacial score (nSPS) is 11.1. The number of benzene rings is 1.